The molecule has 17 heavy (non-hydrogen) atoms. The van der Waals surface area contributed by atoms with Crippen LogP contribution in [0.5, 0.6) is 0 Å². The number of aryl methyl sites for hydroxylation is 2. The second-order valence-corrected chi connectivity index (χ2v) is 4.27. The van der Waals surface area contributed by atoms with E-state index in [0.29, 0.717) is 5.56 Å². The highest BCUT2D eigenvalue weighted by molar-refractivity contribution is 6.33. The van der Waals surface area contributed by atoms with E-state index in [1.54, 1.807) is 6.07 Å². The van der Waals surface area contributed by atoms with E-state index in [2.05, 4.69) is 9.72 Å². The second kappa shape index (κ2) is 4.34. The van der Waals surface area contributed by atoms with Crippen molar-refractivity contribution >= 4 is 28.5 Å². The summed E-state index contributed by atoms with van der Waals surface area (Å²) in [7, 11) is 1.33. The van der Waals surface area contributed by atoms with Gasteiger partial charge in [0.25, 0.3) is 0 Å². The number of esters is 1. The van der Waals surface area contributed by atoms with Gasteiger partial charge in [0.15, 0.2) is 0 Å². The van der Waals surface area contributed by atoms with Crippen LogP contribution in [0, 0.1) is 13.8 Å². The molecule has 0 radical (unpaired) electrons. The van der Waals surface area contributed by atoms with E-state index < -0.39 is 5.97 Å². The number of carbonyl (C=O) groups is 1. The van der Waals surface area contributed by atoms with Crippen molar-refractivity contribution in [2.45, 2.75) is 13.8 Å². The normalized spacial score (nSPS) is 10.6. The summed E-state index contributed by atoms with van der Waals surface area (Å²) >= 11 is 5.99. The smallest absolute Gasteiger partial charge is 0.341 e. The Balaban J connectivity index is 2.80. The first kappa shape index (κ1) is 11.9. The lowest BCUT2D eigenvalue weighted by Crippen LogP contribution is -2.04. The van der Waals surface area contributed by atoms with Gasteiger partial charge in [0.2, 0.25) is 0 Å². The van der Waals surface area contributed by atoms with Crippen LogP contribution >= 0.6 is 11.6 Å². The van der Waals surface area contributed by atoms with Crippen molar-refractivity contribution < 1.29 is 9.53 Å². The number of fused-ring (bicyclic) bond motifs is 1. The van der Waals surface area contributed by atoms with Crippen LogP contribution in [0.25, 0.3) is 10.9 Å². The molecular weight excluding hydrogens is 238 g/mol. The van der Waals surface area contributed by atoms with Gasteiger partial charge in [-0.3, -0.25) is 0 Å². The van der Waals surface area contributed by atoms with Gasteiger partial charge in [-0.15, -0.1) is 0 Å². The summed E-state index contributed by atoms with van der Waals surface area (Å²) in [6, 6.07) is 5.71. The molecule has 0 amide bonds. The minimum atomic E-state index is -0.467. The summed E-state index contributed by atoms with van der Waals surface area (Å²) in [5.41, 5.74) is 3.21. The first-order chi connectivity index (χ1) is 8.04. The third kappa shape index (κ3) is 1.98. The van der Waals surface area contributed by atoms with Crippen molar-refractivity contribution in [2.24, 2.45) is 0 Å². The van der Waals surface area contributed by atoms with Crippen molar-refractivity contribution in [1.29, 1.82) is 0 Å². The van der Waals surface area contributed by atoms with Crippen LogP contribution in [-0.2, 0) is 4.74 Å². The Morgan fingerprint density at radius 2 is 1.94 bits per heavy atom. The molecule has 0 bridgehead atoms. The van der Waals surface area contributed by atoms with E-state index in [-0.39, 0.29) is 5.15 Å². The Morgan fingerprint density at radius 3 is 2.59 bits per heavy atom. The summed E-state index contributed by atoms with van der Waals surface area (Å²) in [4.78, 5) is 15.8. The van der Waals surface area contributed by atoms with Gasteiger partial charge >= 0.3 is 5.97 Å². The van der Waals surface area contributed by atoms with Crippen LogP contribution in [0.1, 0.15) is 21.5 Å². The lowest BCUT2D eigenvalue weighted by molar-refractivity contribution is 0.0600. The highest BCUT2D eigenvalue weighted by Gasteiger charge is 2.14. The maximum absolute atomic E-state index is 11.5. The number of pyridine rings is 1. The number of carbonyl (C=O) groups excluding carboxylic acids is 1. The quantitative estimate of drug-likeness (QED) is 0.575. The number of hydrogen-bond donors (Lipinski definition) is 0. The molecule has 0 unspecified atom stereocenters. The lowest BCUT2D eigenvalue weighted by atomic mass is 10.0. The Labute approximate surface area is 104 Å². The number of methoxy groups -OCH3 is 1. The van der Waals surface area contributed by atoms with E-state index in [0.717, 1.165) is 22.0 Å². The Kier molecular flexibility index (Phi) is 3.03. The van der Waals surface area contributed by atoms with Crippen LogP contribution in [0.3, 0.4) is 0 Å². The lowest BCUT2D eigenvalue weighted by Gasteiger charge is -2.08. The average molecular weight is 250 g/mol. The van der Waals surface area contributed by atoms with Gasteiger partial charge in [-0.05, 0) is 31.0 Å². The predicted octanol–water partition coefficient (Wildman–Crippen LogP) is 3.29. The molecular formula is C13H12ClNO2. The number of ether oxygens (including phenoxy) is 1. The highest BCUT2D eigenvalue weighted by Crippen LogP contribution is 2.25. The Hall–Kier alpha value is -1.61. The van der Waals surface area contributed by atoms with Gasteiger partial charge in [-0.1, -0.05) is 23.7 Å². The molecule has 2 aromatic rings. The summed E-state index contributed by atoms with van der Waals surface area (Å²) in [5.74, 6) is -0.467. The summed E-state index contributed by atoms with van der Waals surface area (Å²) in [6.07, 6.45) is 0. The largest absolute Gasteiger partial charge is 0.465 e. The third-order valence-corrected chi connectivity index (χ3v) is 3.05. The first-order valence-corrected chi connectivity index (χ1v) is 5.57. The molecule has 0 atom stereocenters. The van der Waals surface area contributed by atoms with Gasteiger partial charge in [0.1, 0.15) is 5.15 Å². The van der Waals surface area contributed by atoms with E-state index in [9.17, 15) is 4.79 Å². The number of hydrogen-bond acceptors (Lipinski definition) is 3. The van der Waals surface area contributed by atoms with Gasteiger partial charge < -0.3 is 4.74 Å². The van der Waals surface area contributed by atoms with Gasteiger partial charge in [0.05, 0.1) is 18.2 Å². The summed E-state index contributed by atoms with van der Waals surface area (Å²) < 4.78 is 4.67. The van der Waals surface area contributed by atoms with E-state index >= 15 is 0 Å². The predicted molar refractivity (Wildman–Crippen MR) is 67.6 cm³/mol. The monoisotopic (exact) mass is 249 g/mol. The first-order valence-electron chi connectivity index (χ1n) is 5.19. The fourth-order valence-electron chi connectivity index (χ4n) is 1.76. The van der Waals surface area contributed by atoms with E-state index in [1.165, 1.54) is 7.11 Å². The minimum Gasteiger partial charge on any atom is -0.465 e. The molecule has 0 aliphatic carbocycles. The van der Waals surface area contributed by atoms with Gasteiger partial charge in [-0.2, -0.15) is 0 Å². The fraction of sp³-hybridized carbons (Fsp3) is 0.231. The summed E-state index contributed by atoms with van der Waals surface area (Å²) in [5, 5.41) is 1.10. The van der Waals surface area contributed by atoms with E-state index in [1.807, 2.05) is 26.0 Å². The molecule has 4 heteroatoms. The molecule has 0 fully saturated rings. The van der Waals surface area contributed by atoms with Crippen LogP contribution in [0.2, 0.25) is 5.15 Å². The molecule has 1 aromatic carbocycles. The molecule has 88 valence electrons. The van der Waals surface area contributed by atoms with Gasteiger partial charge in [-0.25, -0.2) is 9.78 Å². The van der Waals surface area contributed by atoms with E-state index in [4.69, 9.17) is 11.6 Å². The maximum atomic E-state index is 11.5. The van der Waals surface area contributed by atoms with Crippen molar-refractivity contribution in [2.75, 3.05) is 7.11 Å². The average Bonchev–Trinajstić information content (AvgIpc) is 2.32. The van der Waals surface area contributed by atoms with Crippen molar-refractivity contribution in [3.05, 3.63) is 40.0 Å². The number of rotatable bonds is 1. The van der Waals surface area contributed by atoms with Crippen molar-refractivity contribution in [3.8, 4) is 0 Å². The van der Waals surface area contributed by atoms with Crippen LogP contribution in [-0.4, -0.2) is 18.1 Å². The molecule has 0 aliphatic heterocycles. The fourth-order valence-corrected chi connectivity index (χ4v) is 1.98. The second-order valence-electron chi connectivity index (χ2n) is 3.91. The highest BCUT2D eigenvalue weighted by atomic mass is 35.5. The van der Waals surface area contributed by atoms with Crippen molar-refractivity contribution in [1.82, 2.24) is 4.98 Å². The molecule has 2 rings (SSSR count). The Morgan fingerprint density at radius 1 is 1.29 bits per heavy atom. The maximum Gasteiger partial charge on any atom is 0.341 e. The standard InChI is InChI=1S/C13H12ClNO2/c1-7-4-5-8(2)11-9(7)6-10(12(14)15-11)13(16)17-3/h4-6H,1-3H3. The van der Waals surface area contributed by atoms with Crippen LogP contribution in [0.15, 0.2) is 18.2 Å². The zero-order valence-corrected chi connectivity index (χ0v) is 10.6. The molecule has 0 aliphatic rings. The summed E-state index contributed by atoms with van der Waals surface area (Å²) in [6.45, 7) is 3.93. The van der Waals surface area contributed by atoms with Crippen LogP contribution < -0.4 is 0 Å². The zero-order valence-electron chi connectivity index (χ0n) is 9.87. The minimum absolute atomic E-state index is 0.179. The molecule has 0 saturated carbocycles. The van der Waals surface area contributed by atoms with Crippen molar-refractivity contribution in [3.63, 3.8) is 0 Å². The SMILES string of the molecule is COC(=O)c1cc2c(C)ccc(C)c2nc1Cl. The number of nitrogens with zero attached hydrogens (tertiary/aromatic N) is 1. The molecule has 3 nitrogen and oxygen atoms in total. The molecule has 1 heterocycles. The number of benzene rings is 1. The van der Waals surface area contributed by atoms with Gasteiger partial charge in [0, 0.05) is 5.39 Å². The Bertz CT molecular complexity index is 608. The third-order valence-electron chi connectivity index (χ3n) is 2.76. The van der Waals surface area contributed by atoms with Crippen LogP contribution in [0.4, 0.5) is 0 Å². The molecule has 0 saturated heterocycles. The topological polar surface area (TPSA) is 39.2 Å². The molecule has 1 aromatic heterocycles. The number of aromatic nitrogens is 1. The zero-order chi connectivity index (χ0) is 12.6. The number of halogens is 1. The molecule has 0 spiro atoms. The molecule has 0 N–H and O–H groups in total.